The van der Waals surface area contributed by atoms with Crippen molar-refractivity contribution in [2.75, 3.05) is 13.2 Å². The number of aromatic nitrogens is 2. The van der Waals surface area contributed by atoms with Crippen LogP contribution in [0.2, 0.25) is 0 Å². The number of ether oxygens (including phenoxy) is 2. The first-order chi connectivity index (χ1) is 9.65. The largest absolute Gasteiger partial charge is 0.490 e. The molecule has 0 aliphatic carbocycles. The van der Waals surface area contributed by atoms with Gasteiger partial charge in [0, 0.05) is 5.56 Å². The molecule has 1 heterocycles. The van der Waals surface area contributed by atoms with Crippen molar-refractivity contribution in [2.45, 2.75) is 26.1 Å². The van der Waals surface area contributed by atoms with Crippen LogP contribution in [0, 0.1) is 0 Å². The van der Waals surface area contributed by atoms with Crippen LogP contribution in [0.3, 0.4) is 0 Å². The predicted molar refractivity (Wildman–Crippen MR) is 82.0 cm³/mol. The lowest BCUT2D eigenvalue weighted by atomic mass is 10.2. The SMILES string of the molecule is CCOc1ccc(-c2nnc(C(C)Cl)s2)cc1OCC. The molecule has 1 atom stereocenters. The fourth-order valence-electron chi connectivity index (χ4n) is 1.70. The third-order valence-corrected chi connectivity index (χ3v) is 4.06. The van der Waals surface area contributed by atoms with Gasteiger partial charge in [0.15, 0.2) is 11.5 Å². The topological polar surface area (TPSA) is 44.2 Å². The smallest absolute Gasteiger partial charge is 0.161 e. The van der Waals surface area contributed by atoms with Gasteiger partial charge in [0.05, 0.1) is 18.6 Å². The van der Waals surface area contributed by atoms with Crippen LogP contribution in [0.1, 0.15) is 31.2 Å². The molecular formula is C14H17ClN2O2S. The Morgan fingerprint density at radius 3 is 2.45 bits per heavy atom. The Morgan fingerprint density at radius 1 is 1.15 bits per heavy atom. The van der Waals surface area contributed by atoms with Gasteiger partial charge in [0.1, 0.15) is 10.0 Å². The van der Waals surface area contributed by atoms with Crippen molar-refractivity contribution in [3.63, 3.8) is 0 Å². The highest BCUT2D eigenvalue weighted by Gasteiger charge is 2.13. The molecule has 1 aromatic heterocycles. The molecule has 0 aliphatic heterocycles. The van der Waals surface area contributed by atoms with E-state index in [2.05, 4.69) is 10.2 Å². The minimum atomic E-state index is -0.129. The molecule has 0 saturated carbocycles. The molecule has 0 bridgehead atoms. The number of nitrogens with zero attached hydrogens (tertiary/aromatic N) is 2. The van der Waals surface area contributed by atoms with Gasteiger partial charge in [-0.05, 0) is 39.0 Å². The van der Waals surface area contributed by atoms with Gasteiger partial charge in [-0.1, -0.05) is 11.3 Å². The van der Waals surface area contributed by atoms with Crippen LogP contribution in [-0.2, 0) is 0 Å². The zero-order chi connectivity index (χ0) is 14.5. The van der Waals surface area contributed by atoms with E-state index in [4.69, 9.17) is 21.1 Å². The molecule has 1 unspecified atom stereocenters. The van der Waals surface area contributed by atoms with Crippen molar-refractivity contribution in [3.8, 4) is 22.1 Å². The second kappa shape index (κ2) is 6.90. The van der Waals surface area contributed by atoms with E-state index in [0.29, 0.717) is 13.2 Å². The highest BCUT2D eigenvalue weighted by atomic mass is 35.5. The Kier molecular flexibility index (Phi) is 5.20. The van der Waals surface area contributed by atoms with Gasteiger partial charge >= 0.3 is 0 Å². The van der Waals surface area contributed by atoms with Crippen LogP contribution in [0.25, 0.3) is 10.6 Å². The Morgan fingerprint density at radius 2 is 1.85 bits per heavy atom. The summed E-state index contributed by atoms with van der Waals surface area (Å²) in [5, 5.41) is 9.78. The molecule has 2 rings (SSSR count). The van der Waals surface area contributed by atoms with E-state index in [0.717, 1.165) is 27.1 Å². The number of hydrogen-bond acceptors (Lipinski definition) is 5. The Balaban J connectivity index is 2.33. The molecule has 0 saturated heterocycles. The van der Waals surface area contributed by atoms with Gasteiger partial charge in [0.2, 0.25) is 0 Å². The summed E-state index contributed by atoms with van der Waals surface area (Å²) in [6.07, 6.45) is 0. The monoisotopic (exact) mass is 312 g/mol. The summed E-state index contributed by atoms with van der Waals surface area (Å²) in [5.41, 5.74) is 0.956. The lowest BCUT2D eigenvalue weighted by molar-refractivity contribution is 0.288. The fourth-order valence-corrected chi connectivity index (χ4v) is 2.64. The van der Waals surface area contributed by atoms with E-state index in [1.807, 2.05) is 39.0 Å². The third kappa shape index (κ3) is 3.41. The Hall–Kier alpha value is -1.33. The zero-order valence-corrected chi connectivity index (χ0v) is 13.3. The van der Waals surface area contributed by atoms with Crippen LogP contribution < -0.4 is 9.47 Å². The van der Waals surface area contributed by atoms with Crippen LogP contribution in [0.4, 0.5) is 0 Å². The van der Waals surface area contributed by atoms with Gasteiger partial charge in [-0.3, -0.25) is 0 Å². The van der Waals surface area contributed by atoms with E-state index in [1.165, 1.54) is 11.3 Å². The summed E-state index contributed by atoms with van der Waals surface area (Å²) in [4.78, 5) is 0. The van der Waals surface area contributed by atoms with Crippen molar-refractivity contribution in [1.29, 1.82) is 0 Å². The molecule has 0 N–H and O–H groups in total. The van der Waals surface area contributed by atoms with Crippen LogP contribution >= 0.6 is 22.9 Å². The zero-order valence-electron chi connectivity index (χ0n) is 11.7. The lowest BCUT2D eigenvalue weighted by Gasteiger charge is -2.11. The highest BCUT2D eigenvalue weighted by molar-refractivity contribution is 7.15. The number of benzene rings is 1. The highest BCUT2D eigenvalue weighted by Crippen LogP contribution is 2.35. The van der Waals surface area contributed by atoms with E-state index in [-0.39, 0.29) is 5.38 Å². The Labute approximate surface area is 127 Å². The van der Waals surface area contributed by atoms with Gasteiger partial charge in [-0.25, -0.2) is 0 Å². The minimum Gasteiger partial charge on any atom is -0.490 e. The van der Waals surface area contributed by atoms with Gasteiger partial charge < -0.3 is 9.47 Å². The number of hydrogen-bond donors (Lipinski definition) is 0. The Bertz CT molecular complexity index is 572. The first-order valence-electron chi connectivity index (χ1n) is 6.53. The van der Waals surface area contributed by atoms with E-state index >= 15 is 0 Å². The van der Waals surface area contributed by atoms with Crippen molar-refractivity contribution in [3.05, 3.63) is 23.2 Å². The molecule has 1 aromatic carbocycles. The van der Waals surface area contributed by atoms with Crippen molar-refractivity contribution in [1.82, 2.24) is 10.2 Å². The molecule has 0 spiro atoms. The second-order valence-electron chi connectivity index (χ2n) is 4.09. The fraction of sp³-hybridized carbons (Fsp3) is 0.429. The molecule has 20 heavy (non-hydrogen) atoms. The molecule has 0 radical (unpaired) electrons. The molecule has 0 amide bonds. The van der Waals surface area contributed by atoms with Crippen molar-refractivity contribution in [2.24, 2.45) is 0 Å². The third-order valence-electron chi connectivity index (χ3n) is 2.57. The molecule has 0 aliphatic rings. The first-order valence-corrected chi connectivity index (χ1v) is 7.78. The summed E-state index contributed by atoms with van der Waals surface area (Å²) in [5.74, 6) is 1.47. The van der Waals surface area contributed by atoms with Crippen LogP contribution in [0.15, 0.2) is 18.2 Å². The summed E-state index contributed by atoms with van der Waals surface area (Å²) in [7, 11) is 0. The van der Waals surface area contributed by atoms with Gasteiger partial charge in [-0.15, -0.1) is 21.8 Å². The summed E-state index contributed by atoms with van der Waals surface area (Å²) >= 11 is 7.50. The maximum Gasteiger partial charge on any atom is 0.161 e. The molecule has 2 aromatic rings. The molecule has 4 nitrogen and oxygen atoms in total. The summed E-state index contributed by atoms with van der Waals surface area (Å²) in [6, 6.07) is 5.78. The second-order valence-corrected chi connectivity index (χ2v) is 5.75. The number of halogens is 1. The maximum absolute atomic E-state index is 6.01. The van der Waals surface area contributed by atoms with Crippen molar-refractivity contribution >= 4 is 22.9 Å². The minimum absolute atomic E-state index is 0.129. The summed E-state index contributed by atoms with van der Waals surface area (Å²) in [6.45, 7) is 6.97. The average molecular weight is 313 g/mol. The standard InChI is InChI=1S/C14H17ClN2O2S/c1-4-18-11-7-6-10(8-12(11)19-5-2)14-17-16-13(20-14)9(3)15/h6-9H,4-5H2,1-3H3. The molecule has 108 valence electrons. The first kappa shape index (κ1) is 15.1. The van der Waals surface area contributed by atoms with E-state index in [9.17, 15) is 0 Å². The quantitative estimate of drug-likeness (QED) is 0.746. The molecular weight excluding hydrogens is 296 g/mol. The predicted octanol–water partition coefficient (Wildman–Crippen LogP) is 4.30. The van der Waals surface area contributed by atoms with Gasteiger partial charge in [-0.2, -0.15) is 0 Å². The van der Waals surface area contributed by atoms with E-state index in [1.54, 1.807) is 0 Å². The molecule has 6 heteroatoms. The average Bonchev–Trinajstić information content (AvgIpc) is 2.91. The van der Waals surface area contributed by atoms with Crippen LogP contribution in [-0.4, -0.2) is 23.4 Å². The van der Waals surface area contributed by atoms with E-state index < -0.39 is 0 Å². The normalized spacial score (nSPS) is 12.2. The number of rotatable bonds is 6. The van der Waals surface area contributed by atoms with Crippen molar-refractivity contribution < 1.29 is 9.47 Å². The maximum atomic E-state index is 6.01. The number of alkyl halides is 1. The lowest BCUT2D eigenvalue weighted by Crippen LogP contribution is -1.98. The summed E-state index contributed by atoms with van der Waals surface area (Å²) < 4.78 is 11.2. The van der Waals surface area contributed by atoms with Gasteiger partial charge in [0.25, 0.3) is 0 Å². The molecule has 0 fully saturated rings. The van der Waals surface area contributed by atoms with Crippen LogP contribution in [0.5, 0.6) is 11.5 Å².